The highest BCUT2D eigenvalue weighted by molar-refractivity contribution is 7.16. The molecule has 0 spiro atoms. The minimum atomic E-state index is 0. The van der Waals surface area contributed by atoms with E-state index in [-0.39, 0.29) is 24.2 Å². The molecule has 2 aliphatic rings. The van der Waals surface area contributed by atoms with Gasteiger partial charge in [0.1, 0.15) is 0 Å². The highest BCUT2D eigenvalue weighted by Gasteiger charge is 2.29. The molecule has 0 aliphatic carbocycles. The Hall–Kier alpha value is -1.07. The molecule has 1 N–H and O–H groups in total. The molecule has 0 saturated carbocycles. The molecule has 2 aliphatic heterocycles. The summed E-state index contributed by atoms with van der Waals surface area (Å²) in [6, 6.07) is 10.2. The fraction of sp³-hybridized carbons (Fsp3) is 0.421. The largest absolute Gasteiger partial charge is 0.325 e. The zero-order valence-corrected chi connectivity index (χ0v) is 16.4. The van der Waals surface area contributed by atoms with E-state index < -0.39 is 0 Å². The molecule has 0 fully saturated rings. The van der Waals surface area contributed by atoms with Gasteiger partial charge in [0.15, 0.2) is 0 Å². The third kappa shape index (κ3) is 4.03. The number of carbonyl (C=O) groups excluding carboxylic acids is 1. The zero-order chi connectivity index (χ0) is 16.5. The summed E-state index contributed by atoms with van der Waals surface area (Å²) in [4.78, 5) is 16.1. The number of fused-ring (bicyclic) bond motifs is 2. The Kier molecular flexibility index (Phi) is 6.05. The van der Waals surface area contributed by atoms with Crippen LogP contribution >= 0.6 is 35.3 Å². The van der Waals surface area contributed by atoms with Crippen LogP contribution in [0.3, 0.4) is 0 Å². The van der Waals surface area contributed by atoms with Crippen LogP contribution in [0.4, 0.5) is 5.69 Å². The summed E-state index contributed by atoms with van der Waals surface area (Å²) in [7, 11) is 0. The Morgan fingerprint density at radius 3 is 3.00 bits per heavy atom. The van der Waals surface area contributed by atoms with Crippen LogP contribution in [0.25, 0.3) is 0 Å². The van der Waals surface area contributed by atoms with Gasteiger partial charge in [-0.25, -0.2) is 0 Å². The number of anilines is 1. The number of hydrogen-bond donors (Lipinski definition) is 1. The normalized spacial score (nSPS) is 19.1. The number of para-hydroxylation sites is 1. The summed E-state index contributed by atoms with van der Waals surface area (Å²) in [6.45, 7) is 3.24. The van der Waals surface area contributed by atoms with Gasteiger partial charge in [-0.2, -0.15) is 0 Å². The number of unbranched alkanes of at least 4 members (excludes halogenated alkanes) is 1. The highest BCUT2D eigenvalue weighted by Crippen LogP contribution is 2.35. The van der Waals surface area contributed by atoms with Crippen molar-refractivity contribution >= 4 is 46.9 Å². The molecule has 2 aromatic rings. The van der Waals surface area contributed by atoms with Crippen molar-refractivity contribution in [2.24, 2.45) is 0 Å². The topological polar surface area (TPSA) is 32.3 Å². The predicted molar refractivity (Wildman–Crippen MR) is 107 cm³/mol. The molecule has 25 heavy (non-hydrogen) atoms. The molecular formula is C19H22Cl2N2OS. The van der Waals surface area contributed by atoms with Crippen molar-refractivity contribution in [2.45, 2.75) is 38.1 Å². The van der Waals surface area contributed by atoms with Gasteiger partial charge in [-0.3, -0.25) is 9.69 Å². The second-order valence-electron chi connectivity index (χ2n) is 6.65. The number of benzene rings is 1. The molecule has 134 valence electrons. The standard InChI is InChI=1S/C19H21ClN2OS.ClH/c20-18-11-13-12-22(10-8-17(13)24-18)9-4-3-6-15-14-5-1-2-7-16(14)21-19(15)23;/h1-2,5,7,11,15H,3-4,6,8-10,12H2,(H,21,23);1H. The van der Waals surface area contributed by atoms with Crippen LogP contribution in [0.5, 0.6) is 0 Å². The zero-order valence-electron chi connectivity index (χ0n) is 14.0. The predicted octanol–water partition coefficient (Wildman–Crippen LogP) is 5.09. The van der Waals surface area contributed by atoms with E-state index >= 15 is 0 Å². The highest BCUT2D eigenvalue weighted by atomic mass is 35.5. The number of amides is 1. The smallest absolute Gasteiger partial charge is 0.232 e. The first-order valence-electron chi connectivity index (χ1n) is 8.60. The molecule has 3 nitrogen and oxygen atoms in total. The lowest BCUT2D eigenvalue weighted by atomic mass is 9.95. The Morgan fingerprint density at radius 2 is 2.12 bits per heavy atom. The molecule has 0 radical (unpaired) electrons. The third-order valence-corrected chi connectivity index (χ3v) is 6.41. The minimum absolute atomic E-state index is 0. The van der Waals surface area contributed by atoms with Gasteiger partial charge in [0.25, 0.3) is 0 Å². The monoisotopic (exact) mass is 396 g/mol. The lowest BCUT2D eigenvalue weighted by Crippen LogP contribution is -2.30. The molecule has 1 aromatic heterocycles. The first-order valence-corrected chi connectivity index (χ1v) is 9.79. The summed E-state index contributed by atoms with van der Waals surface area (Å²) < 4.78 is 0.910. The number of rotatable bonds is 5. The number of nitrogens with one attached hydrogen (secondary N) is 1. The maximum atomic E-state index is 12.1. The molecule has 1 aromatic carbocycles. The van der Waals surface area contributed by atoms with Gasteiger partial charge in [-0.1, -0.05) is 36.2 Å². The van der Waals surface area contributed by atoms with Gasteiger partial charge in [-0.05, 0) is 49.1 Å². The van der Waals surface area contributed by atoms with E-state index in [2.05, 4.69) is 22.3 Å². The van der Waals surface area contributed by atoms with Gasteiger partial charge in [0.2, 0.25) is 5.91 Å². The quantitative estimate of drug-likeness (QED) is 0.713. The van der Waals surface area contributed by atoms with E-state index in [0.717, 1.165) is 60.9 Å². The summed E-state index contributed by atoms with van der Waals surface area (Å²) >= 11 is 7.84. The van der Waals surface area contributed by atoms with Crippen LogP contribution in [0.15, 0.2) is 30.3 Å². The van der Waals surface area contributed by atoms with Crippen molar-refractivity contribution in [2.75, 3.05) is 18.4 Å². The first-order chi connectivity index (χ1) is 11.7. The lowest BCUT2D eigenvalue weighted by Gasteiger charge is -2.26. The van der Waals surface area contributed by atoms with Crippen molar-refractivity contribution in [1.29, 1.82) is 0 Å². The van der Waals surface area contributed by atoms with Crippen LogP contribution in [-0.4, -0.2) is 23.9 Å². The second kappa shape index (κ2) is 8.09. The SMILES string of the molecule is Cl.O=C1Nc2ccccc2C1CCCCN1CCc2sc(Cl)cc2C1. The Morgan fingerprint density at radius 1 is 1.28 bits per heavy atom. The lowest BCUT2D eigenvalue weighted by molar-refractivity contribution is -0.117. The van der Waals surface area contributed by atoms with E-state index in [4.69, 9.17) is 11.6 Å². The van der Waals surface area contributed by atoms with E-state index in [0.29, 0.717) is 0 Å². The van der Waals surface area contributed by atoms with Gasteiger partial charge >= 0.3 is 0 Å². The number of thiophene rings is 1. The molecular weight excluding hydrogens is 375 g/mol. The van der Waals surface area contributed by atoms with Crippen LogP contribution in [0, 0.1) is 0 Å². The van der Waals surface area contributed by atoms with Crippen molar-refractivity contribution in [3.63, 3.8) is 0 Å². The van der Waals surface area contributed by atoms with Gasteiger partial charge in [0, 0.05) is 23.7 Å². The van der Waals surface area contributed by atoms with Crippen LogP contribution < -0.4 is 5.32 Å². The molecule has 3 heterocycles. The van der Waals surface area contributed by atoms with Crippen LogP contribution in [0.2, 0.25) is 4.34 Å². The summed E-state index contributed by atoms with van der Waals surface area (Å²) in [5.41, 5.74) is 3.56. The van der Waals surface area contributed by atoms with E-state index in [9.17, 15) is 4.79 Å². The first kappa shape index (κ1) is 18.7. The van der Waals surface area contributed by atoms with Gasteiger partial charge in [-0.15, -0.1) is 23.7 Å². The molecule has 1 unspecified atom stereocenters. The molecule has 4 rings (SSSR count). The maximum absolute atomic E-state index is 12.1. The number of halogens is 2. The second-order valence-corrected chi connectivity index (χ2v) is 8.42. The average molecular weight is 397 g/mol. The van der Waals surface area contributed by atoms with Crippen molar-refractivity contribution in [3.8, 4) is 0 Å². The number of hydrogen-bond acceptors (Lipinski definition) is 3. The van der Waals surface area contributed by atoms with Crippen molar-refractivity contribution in [3.05, 3.63) is 50.7 Å². The van der Waals surface area contributed by atoms with Gasteiger partial charge in [0.05, 0.1) is 10.3 Å². The maximum Gasteiger partial charge on any atom is 0.232 e. The molecule has 0 bridgehead atoms. The Balaban J connectivity index is 0.00000182. The summed E-state index contributed by atoms with van der Waals surface area (Å²) in [5, 5.41) is 2.99. The number of carbonyl (C=O) groups is 1. The fourth-order valence-electron chi connectivity index (χ4n) is 3.79. The Bertz CT molecular complexity index is 762. The average Bonchev–Trinajstić information content (AvgIpc) is 3.09. The fourth-order valence-corrected chi connectivity index (χ4v) is 5.09. The van der Waals surface area contributed by atoms with Gasteiger partial charge < -0.3 is 5.32 Å². The number of nitrogens with zero attached hydrogens (tertiary/aromatic N) is 1. The Labute approximate surface area is 163 Å². The summed E-state index contributed by atoms with van der Waals surface area (Å²) in [6.07, 6.45) is 4.27. The van der Waals surface area contributed by atoms with E-state index in [1.54, 1.807) is 11.3 Å². The minimum Gasteiger partial charge on any atom is -0.325 e. The van der Waals surface area contributed by atoms with Crippen LogP contribution in [-0.2, 0) is 17.8 Å². The third-order valence-electron chi connectivity index (χ3n) is 5.04. The van der Waals surface area contributed by atoms with Crippen molar-refractivity contribution < 1.29 is 4.79 Å². The molecule has 1 amide bonds. The molecule has 0 saturated heterocycles. The van der Waals surface area contributed by atoms with Crippen LogP contribution in [0.1, 0.15) is 41.2 Å². The molecule has 6 heteroatoms. The molecule has 1 atom stereocenters. The van der Waals surface area contributed by atoms with E-state index in [1.165, 1.54) is 10.4 Å². The van der Waals surface area contributed by atoms with E-state index in [1.807, 2.05) is 18.2 Å². The summed E-state index contributed by atoms with van der Waals surface area (Å²) in [5.74, 6) is 0.191. The van der Waals surface area contributed by atoms with Crippen molar-refractivity contribution in [1.82, 2.24) is 4.90 Å².